The molecule has 0 aromatic heterocycles. The van der Waals surface area contributed by atoms with Crippen molar-refractivity contribution in [2.75, 3.05) is 6.16 Å². The van der Waals surface area contributed by atoms with Crippen LogP contribution in [0.15, 0.2) is 21.8 Å². The number of hydrogen-bond acceptors (Lipinski definition) is 0. The summed E-state index contributed by atoms with van der Waals surface area (Å²) in [6, 6.07) is 0. The Hall–Kier alpha value is 0.340. The van der Waals surface area contributed by atoms with Crippen molar-refractivity contribution in [2.24, 2.45) is 29.6 Å². The Balaban J connectivity index is 2.08. The van der Waals surface area contributed by atoms with E-state index >= 15 is 0 Å². The maximum Gasteiger partial charge on any atom is -0.00593 e. The average molecular weight is 449 g/mol. The van der Waals surface area contributed by atoms with Crippen LogP contribution in [-0.2, 0) is 0 Å². The van der Waals surface area contributed by atoms with E-state index in [1.165, 1.54) is 38.3 Å². The van der Waals surface area contributed by atoms with Crippen LogP contribution < -0.4 is 0 Å². The van der Waals surface area contributed by atoms with Gasteiger partial charge in [-0.25, -0.2) is 0 Å². The molecule has 0 N–H and O–H groups in total. The van der Waals surface area contributed by atoms with Gasteiger partial charge < -0.3 is 0 Å². The van der Waals surface area contributed by atoms with E-state index in [9.17, 15) is 0 Å². The zero-order valence-electron chi connectivity index (χ0n) is 21.8. The van der Waals surface area contributed by atoms with Crippen LogP contribution in [-0.4, -0.2) is 23.1 Å². The first kappa shape index (κ1) is 25.0. The van der Waals surface area contributed by atoms with Gasteiger partial charge in [-0.05, 0) is 109 Å². The molecule has 2 heteroatoms. The lowest BCUT2D eigenvalue weighted by atomic mass is 9.91. The van der Waals surface area contributed by atoms with Crippen molar-refractivity contribution in [1.82, 2.24) is 0 Å². The molecule has 0 bridgehead atoms. The number of rotatable bonds is 6. The molecule has 0 aromatic carbocycles. The van der Waals surface area contributed by atoms with Gasteiger partial charge in [-0.1, -0.05) is 82.4 Å². The summed E-state index contributed by atoms with van der Waals surface area (Å²) in [6.07, 6.45) is 8.67. The molecule has 2 aliphatic heterocycles. The van der Waals surface area contributed by atoms with Crippen molar-refractivity contribution < 1.29 is 0 Å². The monoisotopic (exact) mass is 448 g/mol. The van der Waals surface area contributed by atoms with Crippen molar-refractivity contribution in [2.45, 2.75) is 118 Å². The summed E-state index contributed by atoms with van der Waals surface area (Å²) < 4.78 is 0. The van der Waals surface area contributed by atoms with Gasteiger partial charge in [0.1, 0.15) is 0 Å². The molecule has 1 aliphatic carbocycles. The van der Waals surface area contributed by atoms with Crippen LogP contribution >= 0.6 is 15.8 Å². The normalized spacial score (nSPS) is 34.0. The summed E-state index contributed by atoms with van der Waals surface area (Å²) in [5.74, 6) is 4.36. The van der Waals surface area contributed by atoms with Crippen molar-refractivity contribution in [3.05, 3.63) is 21.8 Å². The Bertz CT molecular complexity index is 650. The molecule has 0 amide bonds. The third kappa shape index (κ3) is 4.96. The summed E-state index contributed by atoms with van der Waals surface area (Å²) in [5, 5.41) is 4.06. The van der Waals surface area contributed by atoms with Crippen molar-refractivity contribution in [1.29, 1.82) is 0 Å². The zero-order valence-corrected chi connectivity index (χ0v) is 23.5. The minimum absolute atomic E-state index is 0.0236. The van der Waals surface area contributed by atoms with Gasteiger partial charge in [0, 0.05) is 0 Å². The molecule has 0 saturated carbocycles. The second kappa shape index (κ2) is 10.1. The molecule has 2 saturated heterocycles. The molecule has 0 spiro atoms. The van der Waals surface area contributed by atoms with Gasteiger partial charge in [0.25, 0.3) is 0 Å². The molecule has 0 nitrogen and oxygen atoms in total. The predicted octanol–water partition coefficient (Wildman–Crippen LogP) is 9.84. The molecule has 2 fully saturated rings. The Morgan fingerprint density at radius 1 is 0.633 bits per heavy atom. The zero-order chi connectivity index (χ0) is 22.3. The Kier molecular flexibility index (Phi) is 8.39. The quantitative estimate of drug-likeness (QED) is 0.280. The molecule has 3 rings (SSSR count). The minimum atomic E-state index is 0.0236. The predicted molar refractivity (Wildman–Crippen MR) is 141 cm³/mol. The first-order valence-electron chi connectivity index (χ1n) is 12.9. The van der Waals surface area contributed by atoms with E-state index in [1.54, 1.807) is 11.1 Å². The molecular formula is C28H50P2. The first-order valence-corrected chi connectivity index (χ1v) is 16.0. The van der Waals surface area contributed by atoms with Crippen molar-refractivity contribution in [3.63, 3.8) is 0 Å². The fourth-order valence-electron chi connectivity index (χ4n) is 6.42. The molecule has 30 heavy (non-hydrogen) atoms. The Morgan fingerprint density at radius 2 is 1.10 bits per heavy atom. The lowest BCUT2D eigenvalue weighted by Crippen LogP contribution is -2.18. The molecule has 0 aromatic rings. The molecular weight excluding hydrogens is 398 g/mol. The third-order valence-corrected chi connectivity index (χ3v) is 16.6. The van der Waals surface area contributed by atoms with Gasteiger partial charge in [-0.3, -0.25) is 0 Å². The van der Waals surface area contributed by atoms with E-state index in [1.807, 2.05) is 10.6 Å². The summed E-state index contributed by atoms with van der Waals surface area (Å²) in [4.78, 5) is 0. The van der Waals surface area contributed by atoms with Crippen LogP contribution in [0.3, 0.4) is 0 Å². The summed E-state index contributed by atoms with van der Waals surface area (Å²) in [6.45, 7) is 25.0. The standard InChI is InChI=1S/C28H50P2/c1-17(2)23-15-26(20(7)8)29(16-23)27-13-21(9)22(10)14-28(27)30-24(18(3)4)11-12-25(30)19(5)6/h17-20,23-26H,11-16H2,1-10H3/t23-,24+,25+,26+,29?/m0/s1. The third-order valence-electron chi connectivity index (χ3n) is 8.69. The van der Waals surface area contributed by atoms with E-state index < -0.39 is 0 Å². The molecule has 2 heterocycles. The van der Waals surface area contributed by atoms with Gasteiger partial charge in [0.05, 0.1) is 0 Å². The topological polar surface area (TPSA) is 0 Å². The van der Waals surface area contributed by atoms with E-state index in [-0.39, 0.29) is 15.8 Å². The van der Waals surface area contributed by atoms with Crippen LogP contribution in [0.4, 0.5) is 0 Å². The highest BCUT2D eigenvalue weighted by atomic mass is 31.1. The number of hydrogen-bond donors (Lipinski definition) is 0. The molecule has 3 aliphatic rings. The highest BCUT2D eigenvalue weighted by Gasteiger charge is 2.45. The lowest BCUT2D eigenvalue weighted by Gasteiger charge is -2.39. The van der Waals surface area contributed by atoms with Gasteiger partial charge in [0.15, 0.2) is 0 Å². The molecule has 172 valence electrons. The number of allylic oxidation sites excluding steroid dienone is 4. The maximum atomic E-state index is 2.52. The van der Waals surface area contributed by atoms with Crippen molar-refractivity contribution >= 4 is 15.8 Å². The van der Waals surface area contributed by atoms with Gasteiger partial charge in [-0.15, -0.1) is 0 Å². The van der Waals surface area contributed by atoms with Crippen molar-refractivity contribution in [3.8, 4) is 0 Å². The smallest absolute Gasteiger partial charge is 0.00593 e. The SMILES string of the molecule is CC1=C(C)CC(P2[C@@H](C(C)C)CC[C@@H]2C(C)C)=C(P2C[C@@H](C(C)C)C[C@@H]2C(C)C)C1. The van der Waals surface area contributed by atoms with Gasteiger partial charge in [-0.2, -0.15) is 0 Å². The van der Waals surface area contributed by atoms with Crippen LogP contribution in [0.2, 0.25) is 0 Å². The second-order valence-electron chi connectivity index (χ2n) is 12.1. The van der Waals surface area contributed by atoms with E-state index in [4.69, 9.17) is 0 Å². The Labute approximate surface area is 191 Å². The molecule has 1 unspecified atom stereocenters. The summed E-state index contributed by atoms with van der Waals surface area (Å²) >= 11 is 0. The van der Waals surface area contributed by atoms with E-state index in [2.05, 4.69) is 69.2 Å². The summed E-state index contributed by atoms with van der Waals surface area (Å²) in [5.41, 5.74) is 6.34. The molecule has 5 atom stereocenters. The van der Waals surface area contributed by atoms with Crippen LogP contribution in [0, 0.1) is 29.6 Å². The van der Waals surface area contributed by atoms with Gasteiger partial charge in [0.2, 0.25) is 0 Å². The first-order chi connectivity index (χ1) is 14.0. The fraction of sp³-hybridized carbons (Fsp3) is 0.857. The van der Waals surface area contributed by atoms with Crippen LogP contribution in [0.25, 0.3) is 0 Å². The summed E-state index contributed by atoms with van der Waals surface area (Å²) in [7, 11) is 0.0696. The van der Waals surface area contributed by atoms with Crippen LogP contribution in [0.1, 0.15) is 101 Å². The highest BCUT2D eigenvalue weighted by molar-refractivity contribution is 7.67. The minimum Gasteiger partial charge on any atom is -0.0753 e. The Morgan fingerprint density at radius 3 is 1.53 bits per heavy atom. The lowest BCUT2D eigenvalue weighted by molar-refractivity contribution is 0.391. The highest BCUT2D eigenvalue weighted by Crippen LogP contribution is 2.73. The maximum absolute atomic E-state index is 2.52. The largest absolute Gasteiger partial charge is 0.0753 e. The molecule has 0 radical (unpaired) electrons. The van der Waals surface area contributed by atoms with E-state index in [0.717, 1.165) is 46.6 Å². The van der Waals surface area contributed by atoms with Crippen LogP contribution in [0.5, 0.6) is 0 Å². The average Bonchev–Trinajstić information content (AvgIpc) is 3.28. The second-order valence-corrected chi connectivity index (χ2v) is 17.3. The fourth-order valence-corrected chi connectivity index (χ4v) is 15.4. The van der Waals surface area contributed by atoms with Gasteiger partial charge >= 0.3 is 0 Å². The van der Waals surface area contributed by atoms with E-state index in [0.29, 0.717) is 0 Å².